The van der Waals surface area contributed by atoms with Crippen LogP contribution in [0.25, 0.3) is 11.1 Å². The molecule has 4 rings (SSSR count). The topological polar surface area (TPSA) is 97.6 Å². The van der Waals surface area contributed by atoms with Crippen LogP contribution in [0.3, 0.4) is 0 Å². The van der Waals surface area contributed by atoms with Crippen LogP contribution in [0.5, 0.6) is 0 Å². The summed E-state index contributed by atoms with van der Waals surface area (Å²) < 4.78 is 35.1. The molecule has 2 atom stereocenters. The van der Waals surface area contributed by atoms with E-state index in [1.807, 2.05) is 6.07 Å². The van der Waals surface area contributed by atoms with Gasteiger partial charge in [-0.2, -0.15) is 9.40 Å². The fraction of sp³-hybridized carbons (Fsp3) is 0.571. The Kier molecular flexibility index (Phi) is 6.40. The Bertz CT molecular complexity index is 1020. The molecule has 9 nitrogen and oxygen atoms in total. The van der Waals surface area contributed by atoms with Crippen molar-refractivity contribution in [3.63, 3.8) is 0 Å². The Morgan fingerprint density at radius 1 is 1.19 bits per heavy atom. The van der Waals surface area contributed by atoms with Crippen molar-refractivity contribution in [1.82, 2.24) is 24.0 Å². The number of carbonyl (C=O) groups is 1. The molecule has 0 spiro atoms. The van der Waals surface area contributed by atoms with Crippen molar-refractivity contribution >= 4 is 15.9 Å². The molecule has 1 saturated heterocycles. The average Bonchev–Trinajstić information content (AvgIpc) is 3.22. The van der Waals surface area contributed by atoms with Gasteiger partial charge in [0.2, 0.25) is 5.91 Å². The van der Waals surface area contributed by atoms with Crippen LogP contribution in [0.4, 0.5) is 0 Å². The third-order valence-electron chi connectivity index (χ3n) is 6.21. The fourth-order valence-corrected chi connectivity index (χ4v) is 6.06. The van der Waals surface area contributed by atoms with Gasteiger partial charge in [-0.3, -0.25) is 14.5 Å². The second kappa shape index (κ2) is 9.05. The van der Waals surface area contributed by atoms with Crippen molar-refractivity contribution in [2.24, 2.45) is 13.0 Å². The van der Waals surface area contributed by atoms with Gasteiger partial charge in [0.25, 0.3) is 10.0 Å². The number of aryl methyl sites for hydroxylation is 1. The lowest BCUT2D eigenvalue weighted by Crippen LogP contribution is -2.52. The molecule has 2 aliphatic rings. The zero-order valence-electron chi connectivity index (χ0n) is 18.0. The van der Waals surface area contributed by atoms with Crippen LogP contribution in [0.1, 0.15) is 25.7 Å². The summed E-state index contributed by atoms with van der Waals surface area (Å²) in [6.07, 6.45) is 8.71. The highest BCUT2D eigenvalue weighted by molar-refractivity contribution is 7.89. The highest BCUT2D eigenvalue weighted by Crippen LogP contribution is 2.30. The second-order valence-corrected chi connectivity index (χ2v) is 10.1. The van der Waals surface area contributed by atoms with E-state index < -0.39 is 10.0 Å². The van der Waals surface area contributed by atoms with Crippen molar-refractivity contribution in [2.75, 3.05) is 33.3 Å². The molecule has 2 unspecified atom stereocenters. The van der Waals surface area contributed by atoms with E-state index in [1.54, 1.807) is 43.7 Å². The first-order valence-corrected chi connectivity index (χ1v) is 12.1. The quantitative estimate of drug-likeness (QED) is 0.689. The van der Waals surface area contributed by atoms with Crippen molar-refractivity contribution in [3.8, 4) is 11.1 Å². The van der Waals surface area contributed by atoms with Gasteiger partial charge in [0.15, 0.2) is 5.03 Å². The Morgan fingerprint density at radius 2 is 1.97 bits per heavy atom. The Balaban J connectivity index is 1.46. The highest BCUT2D eigenvalue weighted by Gasteiger charge is 2.36. The summed E-state index contributed by atoms with van der Waals surface area (Å²) in [4.78, 5) is 18.9. The van der Waals surface area contributed by atoms with Crippen molar-refractivity contribution in [3.05, 3.63) is 30.7 Å². The van der Waals surface area contributed by atoms with Crippen LogP contribution >= 0.6 is 0 Å². The van der Waals surface area contributed by atoms with E-state index in [2.05, 4.69) is 10.1 Å². The molecule has 0 radical (unpaired) electrons. The Morgan fingerprint density at radius 3 is 2.65 bits per heavy atom. The van der Waals surface area contributed by atoms with Crippen LogP contribution in [-0.4, -0.2) is 77.7 Å². The summed E-state index contributed by atoms with van der Waals surface area (Å²) in [5.74, 6) is 0.0857. The summed E-state index contributed by atoms with van der Waals surface area (Å²) in [6.45, 7) is 1.30. The normalized spacial score (nSPS) is 23.1. The maximum absolute atomic E-state index is 13.4. The van der Waals surface area contributed by atoms with Gasteiger partial charge < -0.3 is 9.64 Å². The molecule has 168 valence electrons. The van der Waals surface area contributed by atoms with E-state index in [9.17, 15) is 13.2 Å². The summed E-state index contributed by atoms with van der Waals surface area (Å²) in [7, 11) is -0.397. The van der Waals surface area contributed by atoms with Gasteiger partial charge in [0, 0.05) is 76.0 Å². The molecular formula is C21H29N5O4S. The molecule has 1 amide bonds. The number of hydrogen-bond donors (Lipinski definition) is 0. The number of pyridine rings is 1. The number of aromatic nitrogens is 3. The molecular weight excluding hydrogens is 418 g/mol. The van der Waals surface area contributed by atoms with Gasteiger partial charge in [0.1, 0.15) is 0 Å². The van der Waals surface area contributed by atoms with Crippen LogP contribution in [0.2, 0.25) is 0 Å². The first kappa shape index (κ1) is 21.9. The van der Waals surface area contributed by atoms with Crippen LogP contribution in [0, 0.1) is 5.92 Å². The Labute approximate surface area is 183 Å². The van der Waals surface area contributed by atoms with Gasteiger partial charge in [-0.1, -0.05) is 12.5 Å². The first-order chi connectivity index (χ1) is 14.9. The van der Waals surface area contributed by atoms with Crippen molar-refractivity contribution < 1.29 is 17.9 Å². The first-order valence-electron chi connectivity index (χ1n) is 10.7. The number of nitrogens with zero attached hydrogens (tertiary/aromatic N) is 5. The smallest absolute Gasteiger partial charge is 0.263 e. The number of amides is 1. The Hall–Kier alpha value is -2.30. The predicted molar refractivity (Wildman–Crippen MR) is 115 cm³/mol. The van der Waals surface area contributed by atoms with E-state index >= 15 is 0 Å². The molecule has 1 aliphatic heterocycles. The van der Waals surface area contributed by atoms with Gasteiger partial charge in [-0.25, -0.2) is 8.42 Å². The molecule has 2 aromatic rings. The summed E-state index contributed by atoms with van der Waals surface area (Å²) in [5, 5.41) is 4.27. The minimum Gasteiger partial charge on any atom is -0.381 e. The van der Waals surface area contributed by atoms with Gasteiger partial charge >= 0.3 is 0 Å². The largest absolute Gasteiger partial charge is 0.381 e. The zero-order valence-corrected chi connectivity index (χ0v) is 18.8. The summed E-state index contributed by atoms with van der Waals surface area (Å²) in [6, 6.07) is 3.58. The molecule has 0 aromatic carbocycles. The van der Waals surface area contributed by atoms with Crippen LogP contribution in [-0.2, 0) is 26.6 Å². The molecule has 31 heavy (non-hydrogen) atoms. The molecule has 1 saturated carbocycles. The lowest BCUT2D eigenvalue weighted by atomic mass is 9.86. The van der Waals surface area contributed by atoms with Gasteiger partial charge in [0.05, 0.1) is 6.10 Å². The number of carbonyl (C=O) groups excluding carboxylic acids is 1. The lowest BCUT2D eigenvalue weighted by molar-refractivity contribution is -0.139. The van der Waals surface area contributed by atoms with E-state index in [-0.39, 0.29) is 36.0 Å². The second-order valence-electron chi connectivity index (χ2n) is 8.21. The van der Waals surface area contributed by atoms with Crippen molar-refractivity contribution in [2.45, 2.75) is 36.8 Å². The molecule has 0 bridgehead atoms. The maximum atomic E-state index is 13.4. The van der Waals surface area contributed by atoms with E-state index in [4.69, 9.17) is 4.74 Å². The highest BCUT2D eigenvalue weighted by atomic mass is 32.2. The SMILES string of the molecule is COC1CCCC(C(=O)N2CCN(S(=O)(=O)c3nn(C)cc3-c3cccnc3)CC2)C1. The third-order valence-corrected chi connectivity index (χ3v) is 8.05. The minimum atomic E-state index is -3.79. The van der Waals surface area contributed by atoms with Crippen molar-refractivity contribution in [1.29, 1.82) is 0 Å². The number of methoxy groups -OCH3 is 1. The standard InChI is InChI=1S/C21H29N5O4S/c1-24-15-19(17-6-4-8-22-14-17)20(23-24)31(28,29)26-11-9-25(10-12-26)21(27)16-5-3-7-18(13-16)30-2/h4,6,8,14-16,18H,3,5,7,9-13H2,1-2H3. The van der Waals surface area contributed by atoms with E-state index in [0.29, 0.717) is 24.2 Å². The maximum Gasteiger partial charge on any atom is 0.263 e. The number of ether oxygens (including phenoxy) is 1. The van der Waals surface area contributed by atoms with Gasteiger partial charge in [-0.05, 0) is 25.3 Å². The lowest BCUT2D eigenvalue weighted by Gasteiger charge is -2.37. The number of rotatable bonds is 5. The molecule has 2 aromatic heterocycles. The molecule has 10 heteroatoms. The molecule has 2 fully saturated rings. The number of hydrogen-bond acceptors (Lipinski definition) is 6. The van der Waals surface area contributed by atoms with E-state index in [0.717, 1.165) is 25.7 Å². The zero-order chi connectivity index (χ0) is 22.0. The average molecular weight is 448 g/mol. The molecule has 3 heterocycles. The molecule has 0 N–H and O–H groups in total. The molecule has 1 aliphatic carbocycles. The number of piperazine rings is 1. The van der Waals surface area contributed by atoms with E-state index in [1.165, 1.54) is 8.99 Å². The number of sulfonamides is 1. The monoisotopic (exact) mass is 447 g/mol. The van der Waals surface area contributed by atoms with Gasteiger partial charge in [-0.15, -0.1) is 0 Å². The predicted octanol–water partition coefficient (Wildman–Crippen LogP) is 1.52. The van der Waals surface area contributed by atoms with Crippen LogP contribution < -0.4 is 0 Å². The summed E-state index contributed by atoms with van der Waals surface area (Å²) in [5.41, 5.74) is 1.23. The summed E-state index contributed by atoms with van der Waals surface area (Å²) >= 11 is 0. The minimum absolute atomic E-state index is 0.0259. The third kappa shape index (κ3) is 4.51. The fourth-order valence-electron chi connectivity index (χ4n) is 4.49. The van der Waals surface area contributed by atoms with Crippen LogP contribution in [0.15, 0.2) is 35.7 Å².